The number of hydrogen-bond donors (Lipinski definition) is 0. The van der Waals surface area contributed by atoms with E-state index in [9.17, 15) is 4.79 Å². The minimum absolute atomic E-state index is 0.117. The third-order valence-electron chi connectivity index (χ3n) is 8.16. The van der Waals surface area contributed by atoms with Crippen LogP contribution < -0.4 is 9.80 Å². The molecule has 2 aliphatic rings. The number of amides is 1. The number of piperidine rings is 1. The molecule has 38 heavy (non-hydrogen) atoms. The van der Waals surface area contributed by atoms with Crippen LogP contribution in [-0.2, 0) is 10.8 Å². The molecule has 202 valence electrons. The molecule has 0 bridgehead atoms. The van der Waals surface area contributed by atoms with Gasteiger partial charge in [0.05, 0.1) is 23.1 Å². The molecule has 0 saturated carbocycles. The summed E-state index contributed by atoms with van der Waals surface area (Å²) in [7, 11) is -1.75. The number of thiazole rings is 1. The highest BCUT2D eigenvalue weighted by molar-refractivity contribution is 7.17. The number of carbonyl (C=O) groups excluding carboxylic acids is 1. The van der Waals surface area contributed by atoms with Gasteiger partial charge in [-0.1, -0.05) is 20.8 Å². The van der Waals surface area contributed by atoms with Gasteiger partial charge in [-0.3, -0.25) is 9.78 Å². The number of rotatable bonds is 6. The van der Waals surface area contributed by atoms with E-state index in [1.54, 1.807) is 23.4 Å². The van der Waals surface area contributed by atoms with Crippen LogP contribution in [0.3, 0.4) is 0 Å². The van der Waals surface area contributed by atoms with E-state index in [1.807, 2.05) is 18.2 Å². The minimum atomic E-state index is -1.75. The van der Waals surface area contributed by atoms with Gasteiger partial charge in [-0.15, -0.1) is 11.3 Å². The second-order valence-corrected chi connectivity index (χ2v) is 17.5. The topological polar surface area (TPSA) is 71.5 Å². The molecule has 0 radical (unpaired) electrons. The molecule has 1 amide bonds. The molecule has 1 fully saturated rings. The zero-order valence-electron chi connectivity index (χ0n) is 22.8. The number of nitrogens with zero attached hydrogens (tertiary/aromatic N) is 5. The zero-order valence-corrected chi connectivity index (χ0v) is 24.6. The Hall–Kier alpha value is -2.69. The summed E-state index contributed by atoms with van der Waals surface area (Å²) in [5.41, 5.74) is 1.82. The van der Waals surface area contributed by atoms with E-state index in [0.29, 0.717) is 40.1 Å². The van der Waals surface area contributed by atoms with E-state index in [2.05, 4.69) is 53.7 Å². The predicted octanol–water partition coefficient (Wildman–Crippen LogP) is 6.18. The van der Waals surface area contributed by atoms with Gasteiger partial charge in [0.2, 0.25) is 5.95 Å². The number of aromatic nitrogens is 3. The molecule has 3 aromatic rings. The van der Waals surface area contributed by atoms with Crippen molar-refractivity contribution in [3.63, 3.8) is 0 Å². The van der Waals surface area contributed by atoms with Crippen LogP contribution in [0.2, 0.25) is 18.1 Å². The number of carbonyl (C=O) groups is 1. The van der Waals surface area contributed by atoms with Crippen molar-refractivity contribution in [2.75, 3.05) is 36.0 Å². The number of halogens is 1. The average molecular weight is 554 g/mol. The molecule has 5 heterocycles. The van der Waals surface area contributed by atoms with E-state index in [0.717, 1.165) is 43.9 Å². The summed E-state index contributed by atoms with van der Waals surface area (Å²) >= 11 is 1.23. The Morgan fingerprint density at radius 2 is 1.89 bits per heavy atom. The van der Waals surface area contributed by atoms with E-state index >= 15 is 4.39 Å². The van der Waals surface area contributed by atoms with Crippen molar-refractivity contribution in [1.82, 2.24) is 15.0 Å². The summed E-state index contributed by atoms with van der Waals surface area (Å²) in [5.74, 6) is 0.506. The monoisotopic (exact) mass is 553 g/mol. The van der Waals surface area contributed by atoms with Crippen LogP contribution in [0, 0.1) is 11.9 Å². The van der Waals surface area contributed by atoms with Gasteiger partial charge in [0.1, 0.15) is 15.7 Å². The van der Waals surface area contributed by atoms with Crippen molar-refractivity contribution < 1.29 is 13.6 Å². The molecular formula is C28H36FN5O2SSi. The first-order valence-electron chi connectivity index (χ1n) is 13.3. The van der Waals surface area contributed by atoms with Crippen molar-refractivity contribution in [2.24, 2.45) is 5.92 Å². The molecule has 0 aliphatic carbocycles. The fourth-order valence-corrected chi connectivity index (χ4v) is 6.80. The number of anilines is 2. The predicted molar refractivity (Wildman–Crippen MR) is 153 cm³/mol. The molecule has 3 aromatic heterocycles. The van der Waals surface area contributed by atoms with E-state index < -0.39 is 14.3 Å². The van der Waals surface area contributed by atoms with Crippen molar-refractivity contribution in [1.29, 1.82) is 0 Å². The third-order valence-corrected chi connectivity index (χ3v) is 13.8. The molecule has 7 nitrogen and oxygen atoms in total. The van der Waals surface area contributed by atoms with Crippen molar-refractivity contribution >= 4 is 37.1 Å². The van der Waals surface area contributed by atoms with Crippen LogP contribution in [0.5, 0.6) is 0 Å². The van der Waals surface area contributed by atoms with Crippen molar-refractivity contribution in [3.05, 3.63) is 53.2 Å². The van der Waals surface area contributed by atoms with Gasteiger partial charge >= 0.3 is 0 Å². The Bertz CT molecular complexity index is 1300. The normalized spacial score (nSPS) is 17.2. The maximum atomic E-state index is 15.2. The van der Waals surface area contributed by atoms with Gasteiger partial charge in [-0.2, -0.15) is 4.39 Å². The molecule has 10 heteroatoms. The summed E-state index contributed by atoms with van der Waals surface area (Å²) in [6.07, 6.45) is 5.99. The Morgan fingerprint density at radius 1 is 1.13 bits per heavy atom. The summed E-state index contributed by atoms with van der Waals surface area (Å²) in [6, 6.07) is 7.29. The first-order valence-corrected chi connectivity index (χ1v) is 17.0. The van der Waals surface area contributed by atoms with Crippen LogP contribution in [0.25, 0.3) is 10.6 Å². The van der Waals surface area contributed by atoms with Crippen LogP contribution >= 0.6 is 11.3 Å². The molecule has 1 saturated heterocycles. The molecule has 5 rings (SSSR count). The molecule has 0 spiro atoms. The Morgan fingerprint density at radius 3 is 2.55 bits per heavy atom. The van der Waals surface area contributed by atoms with Crippen LogP contribution in [0.4, 0.5) is 15.9 Å². The molecular weight excluding hydrogens is 517 g/mol. The van der Waals surface area contributed by atoms with Gasteiger partial charge in [0, 0.05) is 38.9 Å². The van der Waals surface area contributed by atoms with Crippen LogP contribution in [-0.4, -0.2) is 55.4 Å². The highest BCUT2D eigenvalue weighted by atomic mass is 32.1. The van der Waals surface area contributed by atoms with Crippen molar-refractivity contribution in [2.45, 2.75) is 58.2 Å². The van der Waals surface area contributed by atoms with Gasteiger partial charge < -0.3 is 14.2 Å². The summed E-state index contributed by atoms with van der Waals surface area (Å²) < 4.78 is 21.7. The van der Waals surface area contributed by atoms with Crippen molar-refractivity contribution in [3.8, 4) is 10.6 Å². The maximum Gasteiger partial charge on any atom is 0.270 e. The summed E-state index contributed by atoms with van der Waals surface area (Å²) in [4.78, 5) is 30.6. The lowest BCUT2D eigenvalue weighted by molar-refractivity contribution is 0.0984. The number of pyridine rings is 2. The maximum absolute atomic E-state index is 15.2. The Labute approximate surface area is 229 Å². The summed E-state index contributed by atoms with van der Waals surface area (Å²) in [5, 5.41) is 0.703. The van der Waals surface area contributed by atoms with Crippen LogP contribution in [0.1, 0.15) is 49.0 Å². The Balaban J connectivity index is 1.24. The number of fused-ring (bicyclic) bond motifs is 1. The van der Waals surface area contributed by atoms with Gasteiger partial charge in [0.25, 0.3) is 5.91 Å². The lowest BCUT2D eigenvalue weighted by atomic mass is 9.98. The average Bonchev–Trinajstić information content (AvgIpc) is 3.33. The van der Waals surface area contributed by atoms with Gasteiger partial charge in [-0.25, -0.2) is 9.97 Å². The van der Waals surface area contributed by atoms with Gasteiger partial charge in [-0.05, 0) is 61.2 Å². The minimum Gasteiger partial charge on any atom is -0.417 e. The second-order valence-electron chi connectivity index (χ2n) is 11.7. The molecule has 0 aromatic carbocycles. The summed E-state index contributed by atoms with van der Waals surface area (Å²) in [6.45, 7) is 14.4. The Kier molecular flexibility index (Phi) is 7.41. The molecule has 0 unspecified atom stereocenters. The molecule has 2 aliphatic heterocycles. The van der Waals surface area contributed by atoms with Crippen LogP contribution in [0.15, 0.2) is 36.7 Å². The first kappa shape index (κ1) is 26.9. The number of hydrogen-bond acceptors (Lipinski definition) is 7. The fraction of sp³-hybridized carbons (Fsp3) is 0.500. The first-order chi connectivity index (χ1) is 18.0. The molecule has 0 N–H and O–H groups in total. The largest absolute Gasteiger partial charge is 0.417 e. The van der Waals surface area contributed by atoms with E-state index in [-0.39, 0.29) is 10.9 Å². The lowest BCUT2D eigenvalue weighted by Gasteiger charge is -2.39. The zero-order chi connectivity index (χ0) is 27.1. The van der Waals surface area contributed by atoms with E-state index in [4.69, 9.17) is 4.43 Å². The molecule has 0 atom stereocenters. The van der Waals surface area contributed by atoms with Gasteiger partial charge in [0.15, 0.2) is 8.32 Å². The second kappa shape index (κ2) is 10.5. The highest BCUT2D eigenvalue weighted by Gasteiger charge is 2.38. The SMILES string of the molecule is CC(C)(C)[Si](C)(C)OCC1CCN(c2ccc(-c3nc4c(s3)C(=O)N(c3cccnc3)CC4)c(F)n2)CC1. The van der Waals surface area contributed by atoms with E-state index in [1.165, 1.54) is 11.3 Å². The fourth-order valence-electron chi connectivity index (χ4n) is 4.64. The smallest absolute Gasteiger partial charge is 0.270 e. The standard InChI is InChI=1S/C28H36FN5O2SSi/c1-28(2,3)38(4,5)36-18-19-10-14-33(15-11-19)23-9-8-21(25(29)32-23)26-31-22-12-16-34(27(35)24(22)37-26)20-7-6-13-30-17-20/h6-9,13,17,19H,10-12,14-16,18H2,1-5H3. The highest BCUT2D eigenvalue weighted by Crippen LogP contribution is 2.38. The quantitative estimate of drug-likeness (QED) is 0.268. The third kappa shape index (κ3) is 5.39. The lowest BCUT2D eigenvalue weighted by Crippen LogP contribution is -2.43.